The third kappa shape index (κ3) is 3.81. The van der Waals surface area contributed by atoms with Crippen molar-refractivity contribution in [2.24, 2.45) is 17.3 Å². The zero-order valence-electron chi connectivity index (χ0n) is 13.2. The van der Waals surface area contributed by atoms with E-state index < -0.39 is 0 Å². The summed E-state index contributed by atoms with van der Waals surface area (Å²) in [4.78, 5) is 17.8. The summed E-state index contributed by atoms with van der Waals surface area (Å²) in [7, 11) is 0. The van der Waals surface area contributed by atoms with Gasteiger partial charge in [-0.05, 0) is 36.5 Å². The molecule has 2 rings (SSSR count). The van der Waals surface area contributed by atoms with Crippen LogP contribution in [0.4, 0.5) is 5.13 Å². The smallest absolute Gasteiger partial charge is 0.226 e. The highest BCUT2D eigenvalue weighted by Gasteiger charge is 2.30. The fourth-order valence-corrected chi connectivity index (χ4v) is 3.73. The molecule has 0 fully saturated rings. The normalized spacial score (nSPS) is 19.0. The first-order valence-corrected chi connectivity index (χ1v) is 8.35. The van der Waals surface area contributed by atoms with E-state index in [0.29, 0.717) is 23.7 Å². The van der Waals surface area contributed by atoms with Crippen molar-refractivity contribution < 1.29 is 4.79 Å². The van der Waals surface area contributed by atoms with Gasteiger partial charge in [0.05, 0.1) is 5.69 Å². The molecule has 0 aliphatic heterocycles. The molecule has 1 N–H and O–H groups in total. The molecule has 0 unspecified atom stereocenters. The van der Waals surface area contributed by atoms with Gasteiger partial charge in [-0.2, -0.15) is 0 Å². The van der Waals surface area contributed by atoms with Gasteiger partial charge in [0.25, 0.3) is 0 Å². The summed E-state index contributed by atoms with van der Waals surface area (Å²) in [6.45, 7) is 11.0. The second-order valence-corrected chi connectivity index (χ2v) is 8.42. The predicted molar refractivity (Wildman–Crippen MR) is 85.2 cm³/mol. The van der Waals surface area contributed by atoms with Gasteiger partial charge in [-0.15, -0.1) is 11.3 Å². The number of hydrogen-bond donors (Lipinski definition) is 1. The van der Waals surface area contributed by atoms with Crippen molar-refractivity contribution in [1.29, 1.82) is 0 Å². The molecule has 1 aromatic rings. The van der Waals surface area contributed by atoms with E-state index >= 15 is 0 Å². The molecule has 1 aliphatic rings. The Balaban J connectivity index is 2.04. The number of hydrogen-bond acceptors (Lipinski definition) is 3. The number of fused-ring (bicyclic) bond motifs is 1. The Morgan fingerprint density at radius 1 is 1.45 bits per heavy atom. The molecular formula is C16H26N2OS. The summed E-state index contributed by atoms with van der Waals surface area (Å²) in [6.07, 6.45) is 3.96. The van der Waals surface area contributed by atoms with Crippen molar-refractivity contribution >= 4 is 22.4 Å². The van der Waals surface area contributed by atoms with E-state index in [1.54, 1.807) is 11.3 Å². The van der Waals surface area contributed by atoms with E-state index in [4.69, 9.17) is 0 Å². The molecule has 112 valence electrons. The fraction of sp³-hybridized carbons (Fsp3) is 0.750. The minimum absolute atomic E-state index is 0.0819. The number of nitrogens with one attached hydrogen (secondary N) is 1. The van der Waals surface area contributed by atoms with E-state index in [0.717, 1.165) is 18.0 Å². The lowest BCUT2D eigenvalue weighted by Gasteiger charge is -2.33. The Labute approximate surface area is 126 Å². The Kier molecular flexibility index (Phi) is 4.52. The number of aryl methyl sites for hydroxylation is 1. The number of aromatic nitrogens is 1. The van der Waals surface area contributed by atoms with Crippen molar-refractivity contribution in [3.63, 3.8) is 0 Å². The topological polar surface area (TPSA) is 42.0 Å². The van der Waals surface area contributed by atoms with E-state index in [1.165, 1.54) is 17.0 Å². The molecule has 0 radical (unpaired) electrons. The van der Waals surface area contributed by atoms with Crippen LogP contribution in [0.5, 0.6) is 0 Å². The Hall–Kier alpha value is -0.900. The summed E-state index contributed by atoms with van der Waals surface area (Å²) < 4.78 is 0. The van der Waals surface area contributed by atoms with Gasteiger partial charge in [-0.1, -0.05) is 34.6 Å². The molecule has 1 aliphatic carbocycles. The second-order valence-electron chi connectivity index (χ2n) is 7.34. The van der Waals surface area contributed by atoms with Crippen molar-refractivity contribution in [2.75, 3.05) is 5.32 Å². The van der Waals surface area contributed by atoms with Gasteiger partial charge >= 0.3 is 0 Å². The van der Waals surface area contributed by atoms with Crippen LogP contribution in [0, 0.1) is 17.3 Å². The quantitative estimate of drug-likeness (QED) is 0.904. The van der Waals surface area contributed by atoms with Crippen LogP contribution in [0.2, 0.25) is 0 Å². The SMILES string of the molecule is CC(C)CC(=O)Nc1nc2c(s1)CC[C@H](C(C)(C)C)C2. The number of anilines is 1. The van der Waals surface area contributed by atoms with Crippen LogP contribution >= 0.6 is 11.3 Å². The molecule has 0 saturated carbocycles. The zero-order valence-corrected chi connectivity index (χ0v) is 14.1. The molecule has 4 heteroatoms. The number of rotatable bonds is 3. The summed E-state index contributed by atoms with van der Waals surface area (Å²) >= 11 is 1.66. The van der Waals surface area contributed by atoms with Crippen LogP contribution in [0.3, 0.4) is 0 Å². The molecular weight excluding hydrogens is 268 g/mol. The largest absolute Gasteiger partial charge is 0.302 e. The number of thiazole rings is 1. The van der Waals surface area contributed by atoms with E-state index in [9.17, 15) is 4.79 Å². The van der Waals surface area contributed by atoms with Crippen LogP contribution in [-0.4, -0.2) is 10.9 Å². The highest BCUT2D eigenvalue weighted by Crippen LogP contribution is 2.39. The molecule has 1 amide bonds. The van der Waals surface area contributed by atoms with Gasteiger partial charge in [0.15, 0.2) is 5.13 Å². The van der Waals surface area contributed by atoms with E-state index in [-0.39, 0.29) is 5.91 Å². The van der Waals surface area contributed by atoms with Crippen LogP contribution in [0.25, 0.3) is 0 Å². The number of carbonyl (C=O) groups is 1. The second kappa shape index (κ2) is 5.84. The monoisotopic (exact) mass is 294 g/mol. The number of nitrogens with zero attached hydrogens (tertiary/aromatic N) is 1. The van der Waals surface area contributed by atoms with Gasteiger partial charge in [-0.3, -0.25) is 4.79 Å². The lowest BCUT2D eigenvalue weighted by Crippen LogP contribution is -2.26. The molecule has 1 aromatic heterocycles. The maximum absolute atomic E-state index is 11.8. The maximum atomic E-state index is 11.8. The highest BCUT2D eigenvalue weighted by molar-refractivity contribution is 7.15. The van der Waals surface area contributed by atoms with Crippen LogP contribution in [0.15, 0.2) is 0 Å². The van der Waals surface area contributed by atoms with E-state index in [2.05, 4.69) is 44.9 Å². The standard InChI is InChI=1S/C16H26N2OS/c1-10(2)8-14(19)18-15-17-12-9-11(16(3,4)5)6-7-13(12)20-15/h10-11H,6-9H2,1-5H3,(H,17,18,19)/t11-/m0/s1. The molecule has 0 saturated heterocycles. The molecule has 0 spiro atoms. The van der Waals surface area contributed by atoms with Gasteiger partial charge in [0.1, 0.15) is 0 Å². The molecule has 1 heterocycles. The third-order valence-corrected chi connectivity index (χ3v) is 5.08. The lowest BCUT2D eigenvalue weighted by molar-refractivity contribution is -0.116. The first kappa shape index (κ1) is 15.5. The molecule has 20 heavy (non-hydrogen) atoms. The summed E-state index contributed by atoms with van der Waals surface area (Å²) in [6, 6.07) is 0. The first-order valence-electron chi connectivity index (χ1n) is 7.54. The Morgan fingerprint density at radius 2 is 2.15 bits per heavy atom. The van der Waals surface area contributed by atoms with Gasteiger partial charge < -0.3 is 5.32 Å². The lowest BCUT2D eigenvalue weighted by atomic mass is 9.73. The van der Waals surface area contributed by atoms with Crippen LogP contribution < -0.4 is 5.32 Å². The minimum Gasteiger partial charge on any atom is -0.302 e. The van der Waals surface area contributed by atoms with Crippen molar-refractivity contribution in [2.45, 2.75) is 60.3 Å². The van der Waals surface area contributed by atoms with Gasteiger partial charge in [0.2, 0.25) is 5.91 Å². The van der Waals surface area contributed by atoms with E-state index in [1.807, 2.05) is 0 Å². The molecule has 3 nitrogen and oxygen atoms in total. The average molecular weight is 294 g/mol. The maximum Gasteiger partial charge on any atom is 0.226 e. The molecule has 0 bridgehead atoms. The predicted octanol–water partition coefficient (Wildman–Crippen LogP) is 4.28. The number of amides is 1. The van der Waals surface area contributed by atoms with Crippen LogP contribution in [-0.2, 0) is 17.6 Å². The summed E-state index contributed by atoms with van der Waals surface area (Å²) in [5.41, 5.74) is 1.54. The van der Waals surface area contributed by atoms with Gasteiger partial charge in [-0.25, -0.2) is 4.98 Å². The minimum atomic E-state index is 0.0819. The third-order valence-electron chi connectivity index (χ3n) is 4.00. The zero-order chi connectivity index (χ0) is 14.9. The van der Waals surface area contributed by atoms with Crippen molar-refractivity contribution in [3.8, 4) is 0 Å². The van der Waals surface area contributed by atoms with Crippen molar-refractivity contribution in [1.82, 2.24) is 4.98 Å². The van der Waals surface area contributed by atoms with Crippen LogP contribution in [0.1, 0.15) is 58.0 Å². The van der Waals surface area contributed by atoms with Crippen molar-refractivity contribution in [3.05, 3.63) is 10.6 Å². The Morgan fingerprint density at radius 3 is 2.75 bits per heavy atom. The number of carbonyl (C=O) groups excluding carboxylic acids is 1. The van der Waals surface area contributed by atoms with Gasteiger partial charge in [0, 0.05) is 11.3 Å². The molecule has 0 aromatic carbocycles. The Bertz CT molecular complexity index is 485. The highest BCUT2D eigenvalue weighted by atomic mass is 32.1. The summed E-state index contributed by atoms with van der Waals surface area (Å²) in [5.74, 6) is 1.16. The fourth-order valence-electron chi connectivity index (χ4n) is 2.71. The summed E-state index contributed by atoms with van der Waals surface area (Å²) in [5, 5.41) is 3.74. The molecule has 1 atom stereocenters. The average Bonchev–Trinajstić information content (AvgIpc) is 2.66. The first-order chi connectivity index (χ1) is 9.25.